The molecule has 100 valence electrons. The average Bonchev–Trinajstić information content (AvgIpc) is 2.39. The molecule has 1 aromatic heterocycles. The molecule has 0 radical (unpaired) electrons. The Morgan fingerprint density at radius 1 is 1.50 bits per heavy atom. The summed E-state index contributed by atoms with van der Waals surface area (Å²) in [4.78, 5) is 3.95. The van der Waals surface area contributed by atoms with Gasteiger partial charge in [-0.3, -0.25) is 0 Å². The number of aliphatic hydroxyl groups is 1. The second-order valence-corrected chi connectivity index (χ2v) is 6.41. The number of sulfonamides is 1. The molecule has 3 N–H and O–H groups in total. The van der Waals surface area contributed by atoms with Crippen LogP contribution in [0.4, 0.5) is 5.82 Å². The van der Waals surface area contributed by atoms with E-state index < -0.39 is 10.0 Å². The number of pyridine rings is 1. The molecule has 1 aromatic rings. The molecule has 2 rings (SSSR count). The summed E-state index contributed by atoms with van der Waals surface area (Å²) in [6.07, 6.45) is 2.91. The summed E-state index contributed by atoms with van der Waals surface area (Å²) >= 11 is 0. The molecule has 1 atom stereocenters. The van der Waals surface area contributed by atoms with Crippen LogP contribution in [0.1, 0.15) is 12.8 Å². The zero-order valence-corrected chi connectivity index (χ0v) is 10.8. The van der Waals surface area contributed by atoms with E-state index in [1.165, 1.54) is 22.6 Å². The Morgan fingerprint density at radius 3 is 2.89 bits per heavy atom. The van der Waals surface area contributed by atoms with Crippen molar-refractivity contribution < 1.29 is 13.5 Å². The van der Waals surface area contributed by atoms with Gasteiger partial charge in [0.15, 0.2) is 0 Å². The van der Waals surface area contributed by atoms with E-state index in [1.807, 2.05) is 0 Å². The molecule has 0 aromatic carbocycles. The van der Waals surface area contributed by atoms with Crippen LogP contribution in [0.2, 0.25) is 0 Å². The highest BCUT2D eigenvalue weighted by molar-refractivity contribution is 7.89. The van der Waals surface area contributed by atoms with E-state index in [4.69, 9.17) is 10.8 Å². The normalized spacial score (nSPS) is 21.9. The minimum Gasteiger partial charge on any atom is -0.396 e. The number of hydrogen-bond donors (Lipinski definition) is 2. The highest BCUT2D eigenvalue weighted by Gasteiger charge is 2.30. The smallest absolute Gasteiger partial charge is 0.244 e. The molecule has 7 heteroatoms. The van der Waals surface area contributed by atoms with Crippen molar-refractivity contribution in [3.05, 3.63) is 18.3 Å². The number of hydrogen-bond acceptors (Lipinski definition) is 5. The Balaban J connectivity index is 2.22. The van der Waals surface area contributed by atoms with Crippen LogP contribution in [0.3, 0.4) is 0 Å². The van der Waals surface area contributed by atoms with Crippen LogP contribution >= 0.6 is 0 Å². The second-order valence-electron chi connectivity index (χ2n) is 4.47. The standard InChI is InChI=1S/C11H17N3O3S/c12-11-4-3-10(6-13-11)18(16,17)14-5-1-2-9(7-14)8-15/h3-4,6,9,15H,1-2,5,7-8H2,(H2,12,13). The molecule has 2 heterocycles. The predicted molar refractivity (Wildman–Crippen MR) is 67.2 cm³/mol. The molecular weight excluding hydrogens is 254 g/mol. The van der Waals surface area contributed by atoms with E-state index in [2.05, 4.69) is 4.98 Å². The maximum Gasteiger partial charge on any atom is 0.244 e. The zero-order valence-electron chi connectivity index (χ0n) is 9.99. The number of rotatable bonds is 3. The third-order valence-electron chi connectivity index (χ3n) is 3.14. The van der Waals surface area contributed by atoms with Crippen LogP contribution in [0.5, 0.6) is 0 Å². The summed E-state index contributed by atoms with van der Waals surface area (Å²) in [7, 11) is -3.52. The van der Waals surface area contributed by atoms with Crippen LogP contribution in [-0.2, 0) is 10.0 Å². The molecule has 1 fully saturated rings. The maximum atomic E-state index is 12.3. The van der Waals surface area contributed by atoms with Gasteiger partial charge in [-0.2, -0.15) is 4.31 Å². The van der Waals surface area contributed by atoms with Gasteiger partial charge in [0, 0.05) is 25.9 Å². The summed E-state index contributed by atoms with van der Waals surface area (Å²) in [6, 6.07) is 2.93. The summed E-state index contributed by atoms with van der Waals surface area (Å²) in [6.45, 7) is 0.873. The molecule has 18 heavy (non-hydrogen) atoms. The first-order valence-electron chi connectivity index (χ1n) is 5.86. The molecular formula is C11H17N3O3S. The van der Waals surface area contributed by atoms with Crippen molar-refractivity contribution in [1.29, 1.82) is 0 Å². The van der Waals surface area contributed by atoms with Crippen LogP contribution in [-0.4, -0.2) is 42.5 Å². The largest absolute Gasteiger partial charge is 0.396 e. The first kappa shape index (κ1) is 13.3. The summed E-state index contributed by atoms with van der Waals surface area (Å²) in [5.41, 5.74) is 5.44. The molecule has 1 aliphatic heterocycles. The Labute approximate surface area is 106 Å². The summed E-state index contributed by atoms with van der Waals surface area (Å²) < 4.78 is 26.1. The van der Waals surface area contributed by atoms with Crippen molar-refractivity contribution in [3.8, 4) is 0 Å². The van der Waals surface area contributed by atoms with Crippen molar-refractivity contribution in [2.45, 2.75) is 17.7 Å². The number of nitrogen functional groups attached to an aromatic ring is 1. The van der Waals surface area contributed by atoms with Gasteiger partial charge in [-0.15, -0.1) is 0 Å². The average molecular weight is 271 g/mol. The number of anilines is 1. The zero-order chi connectivity index (χ0) is 13.2. The van der Waals surface area contributed by atoms with Crippen LogP contribution in [0.15, 0.2) is 23.2 Å². The Kier molecular flexibility index (Phi) is 3.84. The molecule has 0 bridgehead atoms. The van der Waals surface area contributed by atoms with Crippen molar-refractivity contribution in [3.63, 3.8) is 0 Å². The second kappa shape index (κ2) is 5.21. The topological polar surface area (TPSA) is 96.5 Å². The van der Waals surface area contributed by atoms with E-state index >= 15 is 0 Å². The van der Waals surface area contributed by atoms with E-state index in [0.717, 1.165) is 12.8 Å². The number of nitrogens with two attached hydrogens (primary N) is 1. The van der Waals surface area contributed by atoms with Gasteiger partial charge in [0.05, 0.1) is 0 Å². The quantitative estimate of drug-likeness (QED) is 0.810. The number of piperidine rings is 1. The molecule has 1 aliphatic rings. The van der Waals surface area contributed by atoms with Gasteiger partial charge in [-0.05, 0) is 30.9 Å². The van der Waals surface area contributed by atoms with Crippen molar-refractivity contribution in [2.75, 3.05) is 25.4 Å². The minimum absolute atomic E-state index is 0.0198. The lowest BCUT2D eigenvalue weighted by Gasteiger charge is -2.30. The molecule has 0 saturated carbocycles. The van der Waals surface area contributed by atoms with E-state index in [9.17, 15) is 8.42 Å². The number of aliphatic hydroxyl groups excluding tert-OH is 1. The van der Waals surface area contributed by atoms with Gasteiger partial charge < -0.3 is 10.8 Å². The van der Waals surface area contributed by atoms with Crippen molar-refractivity contribution >= 4 is 15.8 Å². The van der Waals surface area contributed by atoms with Gasteiger partial charge in [-0.1, -0.05) is 0 Å². The first-order valence-corrected chi connectivity index (χ1v) is 7.30. The summed E-state index contributed by atoms with van der Waals surface area (Å²) in [5, 5.41) is 9.13. The lowest BCUT2D eigenvalue weighted by molar-refractivity contribution is 0.165. The lowest BCUT2D eigenvalue weighted by Crippen LogP contribution is -2.40. The third kappa shape index (κ3) is 2.63. The molecule has 0 amide bonds. The summed E-state index contributed by atoms with van der Waals surface area (Å²) in [5.74, 6) is 0.316. The molecule has 6 nitrogen and oxygen atoms in total. The highest BCUT2D eigenvalue weighted by atomic mass is 32.2. The van der Waals surface area contributed by atoms with Crippen molar-refractivity contribution in [2.24, 2.45) is 5.92 Å². The lowest BCUT2D eigenvalue weighted by atomic mass is 10.0. The maximum absolute atomic E-state index is 12.3. The molecule has 1 unspecified atom stereocenters. The first-order chi connectivity index (χ1) is 8.54. The van der Waals surface area contributed by atoms with Gasteiger partial charge in [0.2, 0.25) is 10.0 Å². The van der Waals surface area contributed by atoms with Gasteiger partial charge in [0.25, 0.3) is 0 Å². The fraction of sp³-hybridized carbons (Fsp3) is 0.545. The van der Waals surface area contributed by atoms with Gasteiger partial charge >= 0.3 is 0 Å². The Morgan fingerprint density at radius 2 is 2.28 bits per heavy atom. The van der Waals surface area contributed by atoms with E-state index in [-0.39, 0.29) is 17.4 Å². The molecule has 0 spiro atoms. The van der Waals surface area contributed by atoms with Gasteiger partial charge in [-0.25, -0.2) is 13.4 Å². The van der Waals surface area contributed by atoms with Gasteiger partial charge in [0.1, 0.15) is 10.7 Å². The van der Waals surface area contributed by atoms with Crippen LogP contribution < -0.4 is 5.73 Å². The van der Waals surface area contributed by atoms with E-state index in [0.29, 0.717) is 18.9 Å². The minimum atomic E-state index is -3.52. The Bertz CT molecular complexity index is 501. The fourth-order valence-corrected chi connectivity index (χ4v) is 3.59. The fourth-order valence-electron chi connectivity index (χ4n) is 2.09. The molecule has 0 aliphatic carbocycles. The van der Waals surface area contributed by atoms with Crippen LogP contribution in [0, 0.1) is 5.92 Å². The van der Waals surface area contributed by atoms with Crippen molar-refractivity contribution in [1.82, 2.24) is 9.29 Å². The third-order valence-corrected chi connectivity index (χ3v) is 4.99. The Hall–Kier alpha value is -1.18. The van der Waals surface area contributed by atoms with Crippen LogP contribution in [0.25, 0.3) is 0 Å². The molecule has 1 saturated heterocycles. The van der Waals surface area contributed by atoms with E-state index in [1.54, 1.807) is 0 Å². The number of nitrogens with zero attached hydrogens (tertiary/aromatic N) is 2. The monoisotopic (exact) mass is 271 g/mol. The number of aromatic nitrogens is 1. The SMILES string of the molecule is Nc1ccc(S(=O)(=O)N2CCCC(CO)C2)cn1. The highest BCUT2D eigenvalue weighted by Crippen LogP contribution is 2.23. The predicted octanol–water partition coefficient (Wildman–Crippen LogP) is 0.0568.